The minimum atomic E-state index is -0.963. The molecule has 1 amide bonds. The van der Waals surface area contributed by atoms with E-state index in [9.17, 15) is 9.18 Å². The van der Waals surface area contributed by atoms with Crippen molar-refractivity contribution in [1.82, 2.24) is 14.8 Å². The zero-order valence-corrected chi connectivity index (χ0v) is 19.6. The van der Waals surface area contributed by atoms with Gasteiger partial charge in [-0.05, 0) is 62.4 Å². The van der Waals surface area contributed by atoms with E-state index in [2.05, 4.69) is 4.90 Å². The summed E-state index contributed by atoms with van der Waals surface area (Å²) in [7, 11) is 0. The van der Waals surface area contributed by atoms with Crippen molar-refractivity contribution in [2.75, 3.05) is 26.2 Å². The quantitative estimate of drug-likeness (QED) is 0.499. The molecule has 0 aliphatic carbocycles. The number of hydrogen-bond donors (Lipinski definition) is 0. The molecule has 1 aromatic heterocycles. The maximum Gasteiger partial charge on any atom is 0.266 e. The van der Waals surface area contributed by atoms with Crippen molar-refractivity contribution in [3.8, 4) is 17.0 Å². The summed E-state index contributed by atoms with van der Waals surface area (Å²) in [6.07, 6.45) is 0. The van der Waals surface area contributed by atoms with E-state index in [0.717, 1.165) is 35.9 Å². The highest BCUT2D eigenvalue weighted by Crippen LogP contribution is 2.25. The lowest BCUT2D eigenvalue weighted by atomic mass is 10.1. The topological polar surface area (TPSA) is 45.7 Å². The summed E-state index contributed by atoms with van der Waals surface area (Å²) < 4.78 is 19.1. The number of ether oxygens (including phenoxy) is 1. The number of benzene rings is 2. The molecule has 1 aliphatic heterocycles. The fourth-order valence-electron chi connectivity index (χ4n) is 3.66. The standard InChI is InChI=1S/C24H25ClFN3O2S/c1-24(2,31-20-9-5-18(25)6-10-20)23(30)29-13-11-28(12-14-29)15-22-27-21(16-32-22)17-3-7-19(26)8-4-17/h3-10,16H,11-15H2,1-2H3. The van der Waals surface area contributed by atoms with Crippen LogP contribution >= 0.6 is 22.9 Å². The van der Waals surface area contributed by atoms with Gasteiger partial charge in [-0.1, -0.05) is 11.6 Å². The second kappa shape index (κ2) is 9.57. The van der Waals surface area contributed by atoms with Gasteiger partial charge in [0.25, 0.3) is 5.91 Å². The number of carbonyl (C=O) groups is 1. The summed E-state index contributed by atoms with van der Waals surface area (Å²) in [5.74, 6) is 0.338. The summed E-state index contributed by atoms with van der Waals surface area (Å²) in [6.45, 7) is 7.15. The Labute approximate surface area is 196 Å². The Morgan fingerprint density at radius 2 is 1.75 bits per heavy atom. The third-order valence-corrected chi connectivity index (χ3v) is 6.50. The van der Waals surface area contributed by atoms with E-state index in [1.807, 2.05) is 10.3 Å². The summed E-state index contributed by atoms with van der Waals surface area (Å²) >= 11 is 7.52. The van der Waals surface area contributed by atoms with Gasteiger partial charge in [-0.15, -0.1) is 11.3 Å². The average molecular weight is 474 g/mol. The summed E-state index contributed by atoms with van der Waals surface area (Å²) in [5.41, 5.74) is 0.808. The number of rotatable bonds is 6. The maximum absolute atomic E-state index is 13.1. The lowest BCUT2D eigenvalue weighted by molar-refractivity contribution is -0.147. The molecule has 1 saturated heterocycles. The number of amides is 1. The Hall–Kier alpha value is -2.48. The van der Waals surface area contributed by atoms with Crippen LogP contribution in [0.25, 0.3) is 11.3 Å². The van der Waals surface area contributed by atoms with Crippen LogP contribution in [0.2, 0.25) is 5.02 Å². The molecule has 168 valence electrons. The number of piperazine rings is 1. The molecule has 0 N–H and O–H groups in total. The van der Waals surface area contributed by atoms with Gasteiger partial charge in [0, 0.05) is 42.1 Å². The van der Waals surface area contributed by atoms with Crippen molar-refractivity contribution < 1.29 is 13.9 Å². The van der Waals surface area contributed by atoms with Gasteiger partial charge < -0.3 is 9.64 Å². The van der Waals surface area contributed by atoms with Crippen LogP contribution in [0.3, 0.4) is 0 Å². The Bertz CT molecular complexity index is 1060. The lowest BCUT2D eigenvalue weighted by Crippen LogP contribution is -2.55. The molecule has 0 saturated carbocycles. The van der Waals surface area contributed by atoms with E-state index in [1.165, 1.54) is 12.1 Å². The van der Waals surface area contributed by atoms with Crippen LogP contribution < -0.4 is 4.74 Å². The van der Waals surface area contributed by atoms with Crippen molar-refractivity contribution in [2.45, 2.75) is 26.0 Å². The SMILES string of the molecule is CC(C)(Oc1ccc(Cl)cc1)C(=O)N1CCN(Cc2nc(-c3ccc(F)cc3)cs2)CC1. The van der Waals surface area contributed by atoms with Gasteiger partial charge in [-0.2, -0.15) is 0 Å². The fourth-order valence-corrected chi connectivity index (χ4v) is 4.63. The van der Waals surface area contributed by atoms with Crippen molar-refractivity contribution in [1.29, 1.82) is 0 Å². The molecule has 0 radical (unpaired) electrons. The molecule has 1 aliphatic rings. The normalized spacial score (nSPS) is 15.1. The summed E-state index contributed by atoms with van der Waals surface area (Å²) in [5, 5.41) is 3.64. The van der Waals surface area contributed by atoms with Gasteiger partial charge in [-0.3, -0.25) is 9.69 Å². The van der Waals surface area contributed by atoms with E-state index in [4.69, 9.17) is 21.3 Å². The Morgan fingerprint density at radius 1 is 1.09 bits per heavy atom. The summed E-state index contributed by atoms with van der Waals surface area (Å²) in [6, 6.07) is 13.4. The van der Waals surface area contributed by atoms with Crippen molar-refractivity contribution in [3.63, 3.8) is 0 Å². The zero-order chi connectivity index (χ0) is 22.7. The van der Waals surface area contributed by atoms with Crippen LogP contribution in [0.5, 0.6) is 5.75 Å². The van der Waals surface area contributed by atoms with Crippen LogP contribution in [0.1, 0.15) is 18.9 Å². The Balaban J connectivity index is 1.30. The third-order valence-electron chi connectivity index (χ3n) is 5.41. The van der Waals surface area contributed by atoms with Crippen LogP contribution in [0.4, 0.5) is 4.39 Å². The Morgan fingerprint density at radius 3 is 2.41 bits per heavy atom. The summed E-state index contributed by atoms with van der Waals surface area (Å²) in [4.78, 5) is 21.9. The second-order valence-electron chi connectivity index (χ2n) is 8.27. The monoisotopic (exact) mass is 473 g/mol. The van der Waals surface area contributed by atoms with Crippen LogP contribution in [0.15, 0.2) is 53.9 Å². The van der Waals surface area contributed by atoms with Crippen LogP contribution in [-0.2, 0) is 11.3 Å². The number of carbonyl (C=O) groups excluding carboxylic acids is 1. The van der Waals surface area contributed by atoms with Gasteiger partial charge >= 0.3 is 0 Å². The molecule has 1 fully saturated rings. The highest BCUT2D eigenvalue weighted by molar-refractivity contribution is 7.09. The molecule has 0 bridgehead atoms. The fraction of sp³-hybridized carbons (Fsp3) is 0.333. The van der Waals surface area contributed by atoms with Gasteiger partial charge in [0.05, 0.1) is 12.2 Å². The molecule has 0 unspecified atom stereocenters. The third kappa shape index (κ3) is 5.46. The largest absolute Gasteiger partial charge is 0.478 e. The molecule has 5 nitrogen and oxygen atoms in total. The molecule has 0 spiro atoms. The zero-order valence-electron chi connectivity index (χ0n) is 18.1. The number of hydrogen-bond acceptors (Lipinski definition) is 5. The molecule has 32 heavy (non-hydrogen) atoms. The predicted molar refractivity (Wildman–Crippen MR) is 126 cm³/mol. The minimum Gasteiger partial charge on any atom is -0.478 e. The first-order valence-corrected chi connectivity index (χ1v) is 11.7. The van der Waals surface area contributed by atoms with Crippen LogP contribution in [0, 0.1) is 5.82 Å². The van der Waals surface area contributed by atoms with Crippen LogP contribution in [-0.4, -0.2) is 52.5 Å². The maximum atomic E-state index is 13.1. The minimum absolute atomic E-state index is 0.0278. The van der Waals surface area contributed by atoms with E-state index < -0.39 is 5.60 Å². The van der Waals surface area contributed by atoms with E-state index in [0.29, 0.717) is 23.9 Å². The first-order valence-electron chi connectivity index (χ1n) is 10.5. The Kier molecular flexibility index (Phi) is 6.79. The number of halogens is 2. The number of thiazole rings is 1. The van der Waals surface area contributed by atoms with Gasteiger partial charge in [0.1, 0.15) is 16.6 Å². The van der Waals surface area contributed by atoms with E-state index in [1.54, 1.807) is 61.6 Å². The molecule has 0 atom stereocenters. The smallest absolute Gasteiger partial charge is 0.266 e. The van der Waals surface area contributed by atoms with E-state index >= 15 is 0 Å². The first kappa shape index (κ1) is 22.7. The molecule has 3 aromatic rings. The molecular formula is C24H25ClFN3O2S. The van der Waals surface area contributed by atoms with E-state index in [-0.39, 0.29) is 11.7 Å². The highest BCUT2D eigenvalue weighted by Gasteiger charge is 2.35. The van der Waals surface area contributed by atoms with Crippen molar-refractivity contribution in [2.24, 2.45) is 0 Å². The molecule has 2 heterocycles. The van der Waals surface area contributed by atoms with Gasteiger partial charge in [0.15, 0.2) is 5.60 Å². The highest BCUT2D eigenvalue weighted by atomic mass is 35.5. The molecule has 2 aromatic carbocycles. The van der Waals surface area contributed by atoms with Crippen molar-refractivity contribution in [3.05, 3.63) is 69.8 Å². The predicted octanol–water partition coefficient (Wildman–Crippen LogP) is 5.10. The lowest BCUT2D eigenvalue weighted by Gasteiger charge is -2.38. The molecule has 4 rings (SSSR count). The number of aromatic nitrogens is 1. The second-order valence-corrected chi connectivity index (χ2v) is 9.65. The van der Waals surface area contributed by atoms with Gasteiger partial charge in [0.2, 0.25) is 0 Å². The average Bonchev–Trinajstić information content (AvgIpc) is 3.24. The molecule has 8 heteroatoms. The first-order chi connectivity index (χ1) is 15.3. The van der Waals surface area contributed by atoms with Gasteiger partial charge in [-0.25, -0.2) is 9.37 Å². The van der Waals surface area contributed by atoms with Crippen molar-refractivity contribution >= 4 is 28.8 Å². The molecular weight excluding hydrogens is 449 g/mol. The number of nitrogens with zero attached hydrogens (tertiary/aromatic N) is 3.